The van der Waals surface area contributed by atoms with E-state index in [2.05, 4.69) is 27.2 Å². The average molecular weight is 272 g/mol. The minimum absolute atomic E-state index is 0.0573. The van der Waals surface area contributed by atoms with Gasteiger partial charge in [-0.2, -0.15) is 0 Å². The van der Waals surface area contributed by atoms with Crippen LogP contribution >= 0.6 is 0 Å². The summed E-state index contributed by atoms with van der Waals surface area (Å²) in [6, 6.07) is 0.486. The van der Waals surface area contributed by atoms with E-state index in [1.807, 2.05) is 6.20 Å². The van der Waals surface area contributed by atoms with Crippen LogP contribution in [0.25, 0.3) is 11.0 Å². The van der Waals surface area contributed by atoms with E-state index in [0.717, 1.165) is 49.0 Å². The Kier molecular flexibility index (Phi) is 2.54. The topological polar surface area (TPSA) is 73.8 Å². The van der Waals surface area contributed by atoms with Crippen LogP contribution in [0.1, 0.15) is 38.2 Å². The molecule has 2 saturated carbocycles. The highest BCUT2D eigenvalue weighted by Gasteiger charge is 2.52. The quantitative estimate of drug-likeness (QED) is 0.801. The first-order valence-corrected chi connectivity index (χ1v) is 7.45. The van der Waals surface area contributed by atoms with Crippen LogP contribution in [0.2, 0.25) is 0 Å². The van der Waals surface area contributed by atoms with Crippen molar-refractivity contribution in [1.29, 1.82) is 0 Å². The Bertz CT molecular complexity index is 636. The van der Waals surface area contributed by atoms with E-state index in [4.69, 9.17) is 0 Å². The summed E-state index contributed by atoms with van der Waals surface area (Å²) in [6.07, 6.45) is 8.82. The third-order valence-electron chi connectivity index (χ3n) is 4.97. The number of anilines is 1. The van der Waals surface area contributed by atoms with Gasteiger partial charge in [-0.1, -0.05) is 6.92 Å². The molecule has 0 amide bonds. The lowest BCUT2D eigenvalue weighted by atomic mass is 9.53. The fraction of sp³-hybridized carbons (Fsp3) is 0.600. The van der Waals surface area contributed by atoms with Gasteiger partial charge < -0.3 is 15.4 Å². The zero-order valence-corrected chi connectivity index (χ0v) is 11.7. The van der Waals surface area contributed by atoms with Gasteiger partial charge in [-0.3, -0.25) is 0 Å². The molecule has 0 saturated heterocycles. The molecule has 4 rings (SSSR count). The summed E-state index contributed by atoms with van der Waals surface area (Å²) in [7, 11) is 0. The molecule has 0 atom stereocenters. The summed E-state index contributed by atoms with van der Waals surface area (Å²) in [5.41, 5.74) is 2.60. The predicted octanol–water partition coefficient (Wildman–Crippen LogP) is 2.24. The van der Waals surface area contributed by atoms with Gasteiger partial charge in [0.15, 0.2) is 0 Å². The fourth-order valence-electron chi connectivity index (χ4n) is 3.97. The number of nitrogens with one attached hydrogen (secondary N) is 2. The highest BCUT2D eigenvalue weighted by Crippen LogP contribution is 2.56. The Balaban J connectivity index is 1.53. The number of nitrogens with zero attached hydrogens (tertiary/aromatic N) is 2. The van der Waals surface area contributed by atoms with Crippen LogP contribution < -0.4 is 5.32 Å². The van der Waals surface area contributed by atoms with Crippen LogP contribution in [0.15, 0.2) is 12.5 Å². The lowest BCUT2D eigenvalue weighted by molar-refractivity contribution is -0.0868. The van der Waals surface area contributed by atoms with Crippen LogP contribution in [0.5, 0.6) is 0 Å². The molecule has 2 aromatic rings. The van der Waals surface area contributed by atoms with Crippen molar-refractivity contribution in [3.05, 3.63) is 18.1 Å². The van der Waals surface area contributed by atoms with Crippen molar-refractivity contribution in [2.75, 3.05) is 5.32 Å². The van der Waals surface area contributed by atoms with E-state index < -0.39 is 0 Å². The highest BCUT2D eigenvalue weighted by molar-refractivity contribution is 5.90. The lowest BCUT2D eigenvalue weighted by Gasteiger charge is -2.56. The second-order valence-corrected chi connectivity index (χ2v) is 6.42. The summed E-state index contributed by atoms with van der Waals surface area (Å²) < 4.78 is 0. The second-order valence-electron chi connectivity index (χ2n) is 6.42. The molecule has 106 valence electrons. The molecular weight excluding hydrogens is 252 g/mol. The van der Waals surface area contributed by atoms with E-state index in [1.54, 1.807) is 6.33 Å². The molecule has 0 aliphatic heterocycles. The van der Waals surface area contributed by atoms with Gasteiger partial charge in [0.2, 0.25) is 0 Å². The third-order valence-corrected chi connectivity index (χ3v) is 4.97. The summed E-state index contributed by atoms with van der Waals surface area (Å²) in [5.74, 6) is 0.952. The van der Waals surface area contributed by atoms with Crippen molar-refractivity contribution in [2.45, 2.75) is 51.2 Å². The molecule has 2 aromatic heterocycles. The van der Waals surface area contributed by atoms with Crippen LogP contribution in [0.4, 0.5) is 5.82 Å². The SMILES string of the molecule is CCc1c[nH]c2ncnc(NC3CC4(CC(O)C4)C3)c12. The van der Waals surface area contributed by atoms with Crippen LogP contribution in [-0.2, 0) is 6.42 Å². The molecule has 0 aromatic carbocycles. The van der Waals surface area contributed by atoms with Crippen molar-refractivity contribution < 1.29 is 5.11 Å². The van der Waals surface area contributed by atoms with Gasteiger partial charge in [0.25, 0.3) is 0 Å². The molecule has 3 N–H and O–H groups in total. The van der Waals surface area contributed by atoms with E-state index >= 15 is 0 Å². The average Bonchev–Trinajstić information content (AvgIpc) is 2.78. The smallest absolute Gasteiger partial charge is 0.143 e. The monoisotopic (exact) mass is 272 g/mol. The normalized spacial score (nSPS) is 32.1. The Morgan fingerprint density at radius 3 is 2.85 bits per heavy atom. The van der Waals surface area contributed by atoms with Crippen molar-refractivity contribution in [3.8, 4) is 0 Å². The lowest BCUT2D eigenvalue weighted by Crippen LogP contribution is -2.54. The number of H-pyrrole nitrogens is 1. The minimum atomic E-state index is -0.0573. The molecule has 2 heterocycles. The Labute approximate surface area is 117 Å². The molecule has 2 aliphatic carbocycles. The predicted molar refractivity (Wildman–Crippen MR) is 77.6 cm³/mol. The Morgan fingerprint density at radius 2 is 2.15 bits per heavy atom. The largest absolute Gasteiger partial charge is 0.393 e. The van der Waals surface area contributed by atoms with Crippen LogP contribution in [0.3, 0.4) is 0 Å². The first-order chi connectivity index (χ1) is 9.69. The number of hydrogen-bond donors (Lipinski definition) is 3. The van der Waals surface area contributed by atoms with Gasteiger partial charge in [-0.15, -0.1) is 0 Å². The van der Waals surface area contributed by atoms with E-state index in [0.29, 0.717) is 11.5 Å². The van der Waals surface area contributed by atoms with Crippen LogP contribution in [0, 0.1) is 5.41 Å². The van der Waals surface area contributed by atoms with Crippen LogP contribution in [-0.4, -0.2) is 32.2 Å². The number of fused-ring (bicyclic) bond motifs is 1. The zero-order valence-electron chi connectivity index (χ0n) is 11.7. The first-order valence-electron chi connectivity index (χ1n) is 7.45. The number of aryl methyl sites for hydroxylation is 1. The maximum Gasteiger partial charge on any atom is 0.143 e. The summed E-state index contributed by atoms with van der Waals surface area (Å²) in [4.78, 5) is 11.9. The van der Waals surface area contributed by atoms with Crippen molar-refractivity contribution >= 4 is 16.9 Å². The second kappa shape index (κ2) is 4.19. The van der Waals surface area contributed by atoms with E-state index in [1.165, 1.54) is 5.56 Å². The van der Waals surface area contributed by atoms with Crippen molar-refractivity contribution in [1.82, 2.24) is 15.0 Å². The Morgan fingerprint density at radius 1 is 1.35 bits per heavy atom. The summed E-state index contributed by atoms with van der Waals surface area (Å²) in [6.45, 7) is 2.15. The molecule has 1 spiro atoms. The highest BCUT2D eigenvalue weighted by atomic mass is 16.3. The molecule has 0 unspecified atom stereocenters. The van der Waals surface area contributed by atoms with E-state index in [-0.39, 0.29) is 6.10 Å². The molecular formula is C15H20N4O. The van der Waals surface area contributed by atoms with Crippen molar-refractivity contribution in [3.63, 3.8) is 0 Å². The number of aliphatic hydroxyl groups excluding tert-OH is 1. The first kappa shape index (κ1) is 12.1. The van der Waals surface area contributed by atoms with E-state index in [9.17, 15) is 5.11 Å². The molecule has 5 nitrogen and oxygen atoms in total. The van der Waals surface area contributed by atoms with Gasteiger partial charge in [0, 0.05) is 12.2 Å². The Hall–Kier alpha value is -1.62. The zero-order chi connectivity index (χ0) is 13.7. The number of hydrogen-bond acceptors (Lipinski definition) is 4. The van der Waals surface area contributed by atoms with Gasteiger partial charge in [0.05, 0.1) is 11.5 Å². The molecule has 0 bridgehead atoms. The number of aromatic nitrogens is 3. The standard InChI is InChI=1S/C15H20N4O/c1-2-9-7-16-13-12(9)14(18-8-17-13)19-10-3-15(4-10)5-11(20)6-15/h7-8,10-11,20H,2-6H2,1H3,(H2,16,17,18,19). The summed E-state index contributed by atoms with van der Waals surface area (Å²) in [5, 5.41) is 14.2. The van der Waals surface area contributed by atoms with Gasteiger partial charge >= 0.3 is 0 Å². The summed E-state index contributed by atoms with van der Waals surface area (Å²) >= 11 is 0. The van der Waals surface area contributed by atoms with Gasteiger partial charge in [0.1, 0.15) is 17.8 Å². The molecule has 0 radical (unpaired) electrons. The number of rotatable bonds is 3. The molecule has 5 heteroatoms. The van der Waals surface area contributed by atoms with Crippen molar-refractivity contribution in [2.24, 2.45) is 5.41 Å². The number of aliphatic hydroxyl groups is 1. The van der Waals surface area contributed by atoms with Gasteiger partial charge in [-0.05, 0) is 43.1 Å². The number of aromatic amines is 1. The molecule has 2 fully saturated rings. The van der Waals surface area contributed by atoms with Gasteiger partial charge in [-0.25, -0.2) is 9.97 Å². The molecule has 2 aliphatic rings. The minimum Gasteiger partial charge on any atom is -0.393 e. The molecule has 20 heavy (non-hydrogen) atoms. The fourth-order valence-corrected chi connectivity index (χ4v) is 3.97. The maximum absolute atomic E-state index is 9.46. The maximum atomic E-state index is 9.46. The third kappa shape index (κ3) is 1.73.